The molecule has 0 saturated heterocycles. The van der Waals surface area contributed by atoms with Crippen molar-refractivity contribution in [1.29, 1.82) is 0 Å². The molecule has 2 atom stereocenters. The minimum atomic E-state index is -0.208. The molecule has 150 valence electrons. The quantitative estimate of drug-likeness (QED) is 0.691. The summed E-state index contributed by atoms with van der Waals surface area (Å²) in [6.07, 6.45) is 0.772. The summed E-state index contributed by atoms with van der Waals surface area (Å²) < 4.78 is 12.4. The lowest BCUT2D eigenvalue weighted by molar-refractivity contribution is -0.114. The molecule has 3 aromatic rings. The molecule has 2 heterocycles. The van der Waals surface area contributed by atoms with Gasteiger partial charge >= 0.3 is 0 Å². The Morgan fingerprint density at radius 3 is 2.17 bits per heavy atom. The predicted molar refractivity (Wildman–Crippen MR) is 109 cm³/mol. The van der Waals surface area contributed by atoms with Gasteiger partial charge in [-0.25, -0.2) is 4.68 Å². The molecular weight excluding hydrogens is 370 g/mol. The Hall–Kier alpha value is -3.55. The number of carbonyl (C=O) groups is 1. The van der Waals surface area contributed by atoms with Crippen LogP contribution >= 0.6 is 0 Å². The minimum Gasteiger partial charge on any atom is -0.497 e. The van der Waals surface area contributed by atoms with Gasteiger partial charge in [-0.3, -0.25) is 10.1 Å². The van der Waals surface area contributed by atoms with Crippen molar-refractivity contribution in [3.63, 3.8) is 0 Å². The Kier molecular flexibility index (Phi) is 5.07. The Labute approximate surface area is 168 Å². The van der Waals surface area contributed by atoms with E-state index in [4.69, 9.17) is 9.47 Å². The summed E-state index contributed by atoms with van der Waals surface area (Å²) in [4.78, 5) is 15.9. The molecule has 2 N–H and O–H groups in total. The van der Waals surface area contributed by atoms with Gasteiger partial charge in [0.05, 0.1) is 26.3 Å². The van der Waals surface area contributed by atoms with Gasteiger partial charge in [-0.15, -0.1) is 5.10 Å². The van der Waals surface area contributed by atoms with Crippen LogP contribution in [-0.4, -0.2) is 34.9 Å². The normalized spacial score (nSPS) is 17.8. The molecule has 2 aromatic carbocycles. The van der Waals surface area contributed by atoms with Crippen LogP contribution in [0.2, 0.25) is 0 Å². The van der Waals surface area contributed by atoms with Crippen LogP contribution in [0.4, 0.5) is 11.9 Å². The van der Waals surface area contributed by atoms with Crippen molar-refractivity contribution in [2.45, 2.75) is 25.4 Å². The molecule has 1 aliphatic rings. The molecule has 1 amide bonds. The number of rotatable bonds is 5. The van der Waals surface area contributed by atoms with Gasteiger partial charge in [-0.2, -0.15) is 4.98 Å². The zero-order chi connectivity index (χ0) is 20.4. The summed E-state index contributed by atoms with van der Waals surface area (Å²) in [5.41, 5.74) is 2.21. The first-order chi connectivity index (χ1) is 14.1. The van der Waals surface area contributed by atoms with E-state index in [1.807, 2.05) is 53.2 Å². The molecule has 0 aliphatic carbocycles. The summed E-state index contributed by atoms with van der Waals surface area (Å²) in [5.74, 6) is 2.30. The first-order valence-corrected chi connectivity index (χ1v) is 9.36. The molecule has 2 unspecified atom stereocenters. The molecule has 0 saturated carbocycles. The second-order valence-electron chi connectivity index (χ2n) is 6.88. The number of amides is 1. The van der Waals surface area contributed by atoms with E-state index < -0.39 is 0 Å². The number of hydrogen-bond donors (Lipinski definition) is 2. The molecule has 29 heavy (non-hydrogen) atoms. The lowest BCUT2D eigenvalue weighted by Crippen LogP contribution is -2.28. The maximum atomic E-state index is 11.4. The third-order valence-corrected chi connectivity index (χ3v) is 5.00. The first kappa shape index (κ1) is 18.8. The maximum absolute atomic E-state index is 11.4. The summed E-state index contributed by atoms with van der Waals surface area (Å²) in [5, 5.41) is 10.6. The van der Waals surface area contributed by atoms with Gasteiger partial charge in [0, 0.05) is 6.92 Å². The summed E-state index contributed by atoms with van der Waals surface area (Å²) in [6.45, 7) is 1.44. The molecule has 1 aliphatic heterocycles. The Morgan fingerprint density at radius 1 is 1.03 bits per heavy atom. The molecular formula is C21H23N5O3. The highest BCUT2D eigenvalue weighted by Crippen LogP contribution is 2.38. The van der Waals surface area contributed by atoms with Crippen LogP contribution in [0, 0.1) is 0 Å². The van der Waals surface area contributed by atoms with E-state index in [0.29, 0.717) is 5.95 Å². The number of nitrogens with one attached hydrogen (secondary N) is 2. The van der Waals surface area contributed by atoms with Crippen molar-refractivity contribution in [3.05, 3.63) is 59.7 Å². The van der Waals surface area contributed by atoms with Crippen LogP contribution in [0.3, 0.4) is 0 Å². The fourth-order valence-electron chi connectivity index (χ4n) is 3.55. The minimum absolute atomic E-state index is 0.0369. The fourth-order valence-corrected chi connectivity index (χ4v) is 3.55. The SMILES string of the molecule is COc1ccc(C2CC(c3ccc(OC)cc3)n3nc(NC(C)=O)nc3N2)cc1. The van der Waals surface area contributed by atoms with Gasteiger partial charge < -0.3 is 14.8 Å². The van der Waals surface area contributed by atoms with Crippen LogP contribution in [0.15, 0.2) is 48.5 Å². The smallest absolute Gasteiger partial charge is 0.250 e. The third kappa shape index (κ3) is 3.87. The predicted octanol–water partition coefficient (Wildman–Crippen LogP) is 3.40. The van der Waals surface area contributed by atoms with E-state index >= 15 is 0 Å². The number of benzene rings is 2. The average molecular weight is 393 g/mol. The number of carbonyl (C=O) groups excluding carboxylic acids is 1. The first-order valence-electron chi connectivity index (χ1n) is 9.36. The second-order valence-corrected chi connectivity index (χ2v) is 6.88. The maximum Gasteiger partial charge on any atom is 0.250 e. The van der Waals surface area contributed by atoms with Gasteiger partial charge in [-0.1, -0.05) is 24.3 Å². The number of nitrogens with zero attached hydrogens (tertiary/aromatic N) is 3. The number of anilines is 2. The van der Waals surface area contributed by atoms with Crippen molar-refractivity contribution in [2.75, 3.05) is 24.9 Å². The van der Waals surface area contributed by atoms with Crippen molar-refractivity contribution in [2.24, 2.45) is 0 Å². The number of methoxy groups -OCH3 is 2. The monoisotopic (exact) mass is 393 g/mol. The van der Waals surface area contributed by atoms with E-state index in [0.717, 1.165) is 29.0 Å². The zero-order valence-corrected chi connectivity index (χ0v) is 16.5. The van der Waals surface area contributed by atoms with E-state index in [2.05, 4.69) is 20.7 Å². The van der Waals surface area contributed by atoms with Gasteiger partial charge in [0.2, 0.25) is 11.9 Å². The van der Waals surface area contributed by atoms with E-state index in [1.54, 1.807) is 14.2 Å². The van der Waals surface area contributed by atoms with Gasteiger partial charge in [0.25, 0.3) is 5.95 Å². The molecule has 0 spiro atoms. The standard InChI is InChI=1S/C21H23N5O3/c1-13(27)22-20-24-21-23-18(14-4-8-16(28-2)9-5-14)12-19(26(21)25-20)15-6-10-17(29-3)11-7-15/h4-11,18-19H,12H2,1-3H3,(H2,22,23,24,25,27). The fraction of sp³-hybridized carbons (Fsp3) is 0.286. The summed E-state index contributed by atoms with van der Waals surface area (Å²) in [6, 6.07) is 15.9. The van der Waals surface area contributed by atoms with Gasteiger partial charge in [0.15, 0.2) is 0 Å². The van der Waals surface area contributed by atoms with Crippen LogP contribution in [0.1, 0.15) is 36.6 Å². The number of fused-ring (bicyclic) bond motifs is 1. The lowest BCUT2D eigenvalue weighted by atomic mass is 9.93. The van der Waals surface area contributed by atoms with E-state index in [1.165, 1.54) is 6.92 Å². The molecule has 1 aromatic heterocycles. The third-order valence-electron chi connectivity index (χ3n) is 5.00. The van der Waals surface area contributed by atoms with Crippen molar-refractivity contribution in [1.82, 2.24) is 14.8 Å². The molecule has 8 nitrogen and oxygen atoms in total. The van der Waals surface area contributed by atoms with Crippen LogP contribution in [-0.2, 0) is 4.79 Å². The summed E-state index contributed by atoms with van der Waals surface area (Å²) >= 11 is 0. The highest BCUT2D eigenvalue weighted by Gasteiger charge is 2.31. The van der Waals surface area contributed by atoms with Gasteiger partial charge in [-0.05, 0) is 41.8 Å². The molecule has 0 radical (unpaired) electrons. The van der Waals surface area contributed by atoms with Crippen molar-refractivity contribution < 1.29 is 14.3 Å². The lowest BCUT2D eigenvalue weighted by Gasteiger charge is -2.31. The Morgan fingerprint density at radius 2 is 1.62 bits per heavy atom. The Bertz CT molecular complexity index is 998. The zero-order valence-electron chi connectivity index (χ0n) is 16.5. The van der Waals surface area contributed by atoms with Crippen molar-refractivity contribution in [3.8, 4) is 11.5 Å². The average Bonchev–Trinajstić information content (AvgIpc) is 3.14. The molecule has 8 heteroatoms. The summed E-state index contributed by atoms with van der Waals surface area (Å²) in [7, 11) is 3.30. The number of aromatic nitrogens is 3. The largest absolute Gasteiger partial charge is 0.497 e. The second kappa shape index (κ2) is 7.83. The number of ether oxygens (including phenoxy) is 2. The van der Waals surface area contributed by atoms with Gasteiger partial charge in [0.1, 0.15) is 11.5 Å². The molecule has 0 bridgehead atoms. The van der Waals surface area contributed by atoms with E-state index in [-0.39, 0.29) is 23.9 Å². The molecule has 0 fully saturated rings. The number of hydrogen-bond acceptors (Lipinski definition) is 6. The van der Waals surface area contributed by atoms with Crippen molar-refractivity contribution >= 4 is 17.8 Å². The van der Waals surface area contributed by atoms with Crippen LogP contribution < -0.4 is 20.1 Å². The van der Waals surface area contributed by atoms with Crippen LogP contribution in [0.25, 0.3) is 0 Å². The highest BCUT2D eigenvalue weighted by atomic mass is 16.5. The topological polar surface area (TPSA) is 90.3 Å². The highest BCUT2D eigenvalue weighted by molar-refractivity contribution is 5.86. The molecule has 4 rings (SSSR count). The van der Waals surface area contributed by atoms with Crippen LogP contribution in [0.5, 0.6) is 11.5 Å². The Balaban J connectivity index is 1.71. The van der Waals surface area contributed by atoms with E-state index in [9.17, 15) is 4.79 Å².